The molecule has 0 radical (unpaired) electrons. The zero-order valence-corrected chi connectivity index (χ0v) is 11.9. The van der Waals surface area contributed by atoms with Crippen LogP contribution in [-0.2, 0) is 10.1 Å². The first-order chi connectivity index (χ1) is 6.87. The number of aromatic carboxylic acids is 1. The van der Waals surface area contributed by atoms with Crippen molar-refractivity contribution in [3.8, 4) is 0 Å². The summed E-state index contributed by atoms with van der Waals surface area (Å²) in [6.45, 7) is 1.31. The third-order valence-electron chi connectivity index (χ3n) is 1.37. The molecule has 0 atom stereocenters. The molecule has 0 aromatic heterocycles. The molecular weight excluding hydrogens is 243 g/mol. The second kappa shape index (κ2) is 8.72. The molecule has 0 fully saturated rings. The SMILES string of the molecule is CCS(=O)(=O)[O-].O=C(O)c1ccccc1.[Na+]. The Hall–Kier alpha value is -0.400. The van der Waals surface area contributed by atoms with Crippen molar-refractivity contribution in [1.29, 1.82) is 0 Å². The van der Waals surface area contributed by atoms with Gasteiger partial charge in [-0.15, -0.1) is 0 Å². The van der Waals surface area contributed by atoms with Gasteiger partial charge in [-0.05, 0) is 12.1 Å². The number of carboxylic acid groups (broad SMARTS) is 1. The third kappa shape index (κ3) is 10.1. The van der Waals surface area contributed by atoms with E-state index in [0.29, 0.717) is 5.56 Å². The Morgan fingerprint density at radius 1 is 1.31 bits per heavy atom. The van der Waals surface area contributed by atoms with Gasteiger partial charge in [-0.1, -0.05) is 25.1 Å². The van der Waals surface area contributed by atoms with E-state index in [9.17, 15) is 17.8 Å². The normalized spacial score (nSPS) is 9.38. The molecule has 84 valence electrons. The average molecular weight is 254 g/mol. The molecule has 7 heteroatoms. The number of rotatable bonds is 2. The molecule has 0 saturated carbocycles. The van der Waals surface area contributed by atoms with Crippen LogP contribution in [0.1, 0.15) is 17.3 Å². The van der Waals surface area contributed by atoms with E-state index in [1.807, 2.05) is 0 Å². The fraction of sp³-hybridized carbons (Fsp3) is 0.222. The first-order valence-electron chi connectivity index (χ1n) is 4.08. The smallest absolute Gasteiger partial charge is 0.748 e. The molecule has 0 spiro atoms. The first-order valence-corrected chi connectivity index (χ1v) is 5.66. The van der Waals surface area contributed by atoms with Crippen LogP contribution in [0.5, 0.6) is 0 Å². The van der Waals surface area contributed by atoms with Crippen molar-refractivity contribution in [3.63, 3.8) is 0 Å². The Morgan fingerprint density at radius 2 is 1.69 bits per heavy atom. The van der Waals surface area contributed by atoms with Crippen molar-refractivity contribution in [3.05, 3.63) is 35.9 Å². The Labute approximate surface area is 117 Å². The number of carbonyl (C=O) groups is 1. The van der Waals surface area contributed by atoms with Crippen LogP contribution < -0.4 is 29.6 Å². The molecule has 0 saturated heterocycles. The summed E-state index contributed by atoms with van der Waals surface area (Å²) in [4.78, 5) is 10.2. The molecule has 0 aliphatic heterocycles. The monoisotopic (exact) mass is 254 g/mol. The zero-order chi connectivity index (χ0) is 11.9. The quantitative estimate of drug-likeness (QED) is 0.484. The molecule has 0 unspecified atom stereocenters. The minimum absolute atomic E-state index is 0. The molecule has 1 aromatic rings. The topological polar surface area (TPSA) is 94.5 Å². The van der Waals surface area contributed by atoms with Crippen molar-refractivity contribution in [2.75, 3.05) is 5.75 Å². The summed E-state index contributed by atoms with van der Waals surface area (Å²) in [6.07, 6.45) is 0. The Bertz CT molecular complexity index is 401. The van der Waals surface area contributed by atoms with Crippen molar-refractivity contribution < 1.29 is 52.4 Å². The van der Waals surface area contributed by atoms with Crippen LogP contribution >= 0.6 is 0 Å². The van der Waals surface area contributed by atoms with Crippen LogP contribution in [0.25, 0.3) is 0 Å². The van der Waals surface area contributed by atoms with Gasteiger partial charge in [0.1, 0.15) is 0 Å². The molecule has 0 heterocycles. The van der Waals surface area contributed by atoms with Crippen LogP contribution in [0.2, 0.25) is 0 Å². The standard InChI is InChI=1S/C7H6O2.C2H6O3S.Na/c8-7(9)6-4-2-1-3-5-6;1-2-6(3,4)5;/h1-5H,(H,8,9);2H2,1H3,(H,3,4,5);/q;;+1/p-1. The van der Waals surface area contributed by atoms with Crippen LogP contribution in [0, 0.1) is 0 Å². The van der Waals surface area contributed by atoms with Gasteiger partial charge in [0.05, 0.1) is 15.7 Å². The minimum Gasteiger partial charge on any atom is -0.748 e. The number of hydrogen-bond donors (Lipinski definition) is 1. The fourth-order valence-corrected chi connectivity index (χ4v) is 0.581. The van der Waals surface area contributed by atoms with E-state index >= 15 is 0 Å². The first kappa shape index (κ1) is 18.0. The van der Waals surface area contributed by atoms with Gasteiger partial charge in [-0.2, -0.15) is 0 Å². The summed E-state index contributed by atoms with van der Waals surface area (Å²) in [5.74, 6) is -1.19. The molecule has 5 nitrogen and oxygen atoms in total. The summed E-state index contributed by atoms with van der Waals surface area (Å²) in [7, 11) is -3.91. The molecule has 0 amide bonds. The molecular formula is C9H11NaO5S. The molecule has 1 aromatic carbocycles. The van der Waals surface area contributed by atoms with Crippen LogP contribution in [0.4, 0.5) is 0 Å². The van der Waals surface area contributed by atoms with E-state index in [1.165, 1.54) is 6.92 Å². The largest absolute Gasteiger partial charge is 1.00 e. The Morgan fingerprint density at radius 3 is 1.88 bits per heavy atom. The minimum atomic E-state index is -3.91. The average Bonchev–Trinajstić information content (AvgIpc) is 2.19. The van der Waals surface area contributed by atoms with Crippen molar-refractivity contribution in [2.45, 2.75) is 6.92 Å². The van der Waals surface area contributed by atoms with Gasteiger partial charge in [0.2, 0.25) is 0 Å². The Kier molecular flexibility index (Phi) is 9.80. The molecule has 0 bridgehead atoms. The van der Waals surface area contributed by atoms with Gasteiger partial charge in [0.25, 0.3) is 0 Å². The van der Waals surface area contributed by atoms with E-state index in [1.54, 1.807) is 30.3 Å². The fourth-order valence-electron chi connectivity index (χ4n) is 0.581. The van der Waals surface area contributed by atoms with Crippen molar-refractivity contribution in [1.82, 2.24) is 0 Å². The van der Waals surface area contributed by atoms with Crippen LogP contribution in [0.3, 0.4) is 0 Å². The summed E-state index contributed by atoms with van der Waals surface area (Å²) in [5, 5.41) is 8.38. The van der Waals surface area contributed by atoms with E-state index in [0.717, 1.165) is 0 Å². The summed E-state index contributed by atoms with van der Waals surface area (Å²) in [5.41, 5.74) is 0.331. The van der Waals surface area contributed by atoms with Gasteiger partial charge >= 0.3 is 35.5 Å². The van der Waals surface area contributed by atoms with Crippen LogP contribution in [0.15, 0.2) is 30.3 Å². The second-order valence-corrected chi connectivity index (χ2v) is 4.21. The van der Waals surface area contributed by atoms with Gasteiger partial charge in [0.15, 0.2) is 0 Å². The summed E-state index contributed by atoms with van der Waals surface area (Å²) in [6, 6.07) is 8.30. The number of carboxylic acids is 1. The molecule has 1 N–H and O–H groups in total. The zero-order valence-electron chi connectivity index (χ0n) is 9.08. The van der Waals surface area contributed by atoms with Crippen molar-refractivity contribution in [2.24, 2.45) is 0 Å². The van der Waals surface area contributed by atoms with Crippen LogP contribution in [-0.4, -0.2) is 29.8 Å². The predicted octanol–water partition coefficient (Wildman–Crippen LogP) is -2.06. The Balaban J connectivity index is 0. The molecule has 1 rings (SSSR count). The molecule has 0 aliphatic rings. The van der Waals surface area contributed by atoms with E-state index in [2.05, 4.69) is 0 Å². The summed E-state index contributed by atoms with van der Waals surface area (Å²) >= 11 is 0. The maximum absolute atomic E-state index is 10.2. The maximum Gasteiger partial charge on any atom is 1.00 e. The van der Waals surface area contributed by atoms with E-state index in [-0.39, 0.29) is 35.3 Å². The van der Waals surface area contributed by atoms with Gasteiger partial charge in [-0.25, -0.2) is 13.2 Å². The maximum atomic E-state index is 10.2. The predicted molar refractivity (Wildman–Crippen MR) is 53.6 cm³/mol. The number of hydrogen-bond acceptors (Lipinski definition) is 4. The molecule has 16 heavy (non-hydrogen) atoms. The van der Waals surface area contributed by atoms with Gasteiger partial charge in [-0.3, -0.25) is 0 Å². The number of benzene rings is 1. The summed E-state index contributed by atoms with van der Waals surface area (Å²) < 4.78 is 28.3. The van der Waals surface area contributed by atoms with Gasteiger partial charge in [0, 0.05) is 5.75 Å². The van der Waals surface area contributed by atoms with E-state index in [4.69, 9.17) is 5.11 Å². The molecule has 0 aliphatic carbocycles. The van der Waals surface area contributed by atoms with E-state index < -0.39 is 16.1 Å². The van der Waals surface area contributed by atoms with Crippen molar-refractivity contribution >= 4 is 16.1 Å². The second-order valence-electron chi connectivity index (χ2n) is 2.52. The third-order valence-corrected chi connectivity index (χ3v) is 2.08. The van der Waals surface area contributed by atoms with Gasteiger partial charge < -0.3 is 9.66 Å².